The molecule has 1 aliphatic heterocycles. The first-order valence-electron chi connectivity index (χ1n) is 10.5. The van der Waals surface area contributed by atoms with Gasteiger partial charge in [-0.1, -0.05) is 41.1 Å². The van der Waals surface area contributed by atoms with Gasteiger partial charge in [0.1, 0.15) is 0 Å². The molecule has 0 saturated heterocycles. The number of halogens is 1. The third-order valence-corrected chi connectivity index (χ3v) is 6.60. The van der Waals surface area contributed by atoms with Crippen LogP contribution in [0.25, 0.3) is 6.08 Å². The van der Waals surface area contributed by atoms with E-state index in [0.717, 1.165) is 5.56 Å². The molecule has 4 rings (SSSR count). The molecule has 1 aromatic heterocycles. The van der Waals surface area contributed by atoms with Gasteiger partial charge < -0.3 is 14.2 Å². The average Bonchev–Trinajstić information content (AvgIpc) is 3.12. The lowest BCUT2D eigenvalue weighted by Crippen LogP contribution is -2.39. The molecule has 0 spiro atoms. The van der Waals surface area contributed by atoms with Crippen LogP contribution in [0.4, 0.5) is 0 Å². The molecule has 0 fully saturated rings. The van der Waals surface area contributed by atoms with E-state index in [-0.39, 0.29) is 12.2 Å². The lowest BCUT2D eigenvalue weighted by atomic mass is 9.95. The number of ether oxygens (including phenoxy) is 3. The SMILES string of the molecule is CCOC(=O)C1=C(C)N=c2s/c(=C/c3cccc(Cl)c3)c(=O)n2C1c1ccc(OC)c(OC)c1. The van der Waals surface area contributed by atoms with E-state index in [1.807, 2.05) is 12.1 Å². The highest BCUT2D eigenvalue weighted by Gasteiger charge is 2.33. The number of hydrogen-bond donors (Lipinski definition) is 0. The number of fused-ring (bicyclic) bond motifs is 1. The minimum atomic E-state index is -0.739. The van der Waals surface area contributed by atoms with Crippen LogP contribution in [0, 0.1) is 0 Å². The Bertz CT molecular complexity index is 1470. The number of aromatic nitrogens is 1. The second kappa shape index (κ2) is 9.87. The van der Waals surface area contributed by atoms with Gasteiger partial charge in [-0.25, -0.2) is 9.79 Å². The van der Waals surface area contributed by atoms with Gasteiger partial charge in [0.15, 0.2) is 16.3 Å². The lowest BCUT2D eigenvalue weighted by molar-refractivity contribution is -0.139. The van der Waals surface area contributed by atoms with Crippen molar-refractivity contribution in [1.29, 1.82) is 0 Å². The largest absolute Gasteiger partial charge is 0.493 e. The summed E-state index contributed by atoms with van der Waals surface area (Å²) in [5.41, 5.74) is 1.99. The van der Waals surface area contributed by atoms with Crippen LogP contribution < -0.4 is 24.4 Å². The molecule has 7 nitrogen and oxygen atoms in total. The van der Waals surface area contributed by atoms with Crippen molar-refractivity contribution in [3.05, 3.63) is 89.6 Å². The van der Waals surface area contributed by atoms with Gasteiger partial charge in [-0.15, -0.1) is 0 Å². The van der Waals surface area contributed by atoms with Crippen LogP contribution in [-0.2, 0) is 9.53 Å². The fraction of sp³-hybridized carbons (Fsp3) is 0.240. The first-order chi connectivity index (χ1) is 16.4. The van der Waals surface area contributed by atoms with E-state index in [1.54, 1.807) is 57.4 Å². The van der Waals surface area contributed by atoms with Crippen molar-refractivity contribution in [1.82, 2.24) is 4.57 Å². The van der Waals surface area contributed by atoms with Crippen molar-refractivity contribution < 1.29 is 19.0 Å². The zero-order valence-electron chi connectivity index (χ0n) is 19.1. The average molecular weight is 499 g/mol. The molecule has 0 N–H and O–H groups in total. The number of nitrogens with zero attached hydrogens (tertiary/aromatic N) is 2. The number of carbonyl (C=O) groups is 1. The molecule has 2 heterocycles. The maximum absolute atomic E-state index is 13.6. The molecular formula is C25H23ClN2O5S. The number of allylic oxidation sites excluding steroid dienone is 1. The number of esters is 1. The summed E-state index contributed by atoms with van der Waals surface area (Å²) >= 11 is 7.37. The Morgan fingerprint density at radius 3 is 2.62 bits per heavy atom. The molecule has 176 valence electrons. The summed E-state index contributed by atoms with van der Waals surface area (Å²) < 4.78 is 18.2. The van der Waals surface area contributed by atoms with Crippen LogP contribution >= 0.6 is 22.9 Å². The fourth-order valence-corrected chi connectivity index (χ4v) is 5.12. The first-order valence-corrected chi connectivity index (χ1v) is 11.7. The van der Waals surface area contributed by atoms with Gasteiger partial charge in [-0.05, 0) is 55.3 Å². The summed E-state index contributed by atoms with van der Waals surface area (Å²) in [5, 5.41) is 0.574. The van der Waals surface area contributed by atoms with E-state index in [0.29, 0.717) is 42.7 Å². The minimum absolute atomic E-state index is 0.202. The Hall–Kier alpha value is -3.36. The van der Waals surface area contributed by atoms with Crippen LogP contribution in [-0.4, -0.2) is 31.4 Å². The van der Waals surface area contributed by atoms with Crippen molar-refractivity contribution >= 4 is 35.0 Å². The van der Waals surface area contributed by atoms with Crippen molar-refractivity contribution in [3.63, 3.8) is 0 Å². The second-order valence-corrected chi connectivity index (χ2v) is 8.92. The van der Waals surface area contributed by atoms with Crippen LogP contribution in [0.1, 0.15) is 31.0 Å². The Labute approximate surface area is 205 Å². The highest BCUT2D eigenvalue weighted by Crippen LogP contribution is 2.36. The predicted molar refractivity (Wildman–Crippen MR) is 131 cm³/mol. The number of hydrogen-bond acceptors (Lipinski definition) is 7. The zero-order valence-corrected chi connectivity index (χ0v) is 20.7. The van der Waals surface area contributed by atoms with Gasteiger partial charge in [-0.2, -0.15) is 0 Å². The Kier molecular flexibility index (Phi) is 6.90. The number of thiazole rings is 1. The maximum Gasteiger partial charge on any atom is 0.338 e. The molecule has 1 unspecified atom stereocenters. The molecule has 34 heavy (non-hydrogen) atoms. The molecule has 0 aliphatic carbocycles. The van der Waals surface area contributed by atoms with E-state index in [2.05, 4.69) is 4.99 Å². The Balaban J connectivity index is 1.97. The van der Waals surface area contributed by atoms with Crippen LogP contribution in [0.3, 0.4) is 0 Å². The smallest absolute Gasteiger partial charge is 0.338 e. The van der Waals surface area contributed by atoms with Gasteiger partial charge in [-0.3, -0.25) is 9.36 Å². The van der Waals surface area contributed by atoms with E-state index in [1.165, 1.54) is 23.0 Å². The molecule has 3 aromatic rings. The quantitative estimate of drug-likeness (QED) is 0.486. The molecule has 0 bridgehead atoms. The van der Waals surface area contributed by atoms with Crippen LogP contribution in [0.2, 0.25) is 5.02 Å². The van der Waals surface area contributed by atoms with Crippen LogP contribution in [0.5, 0.6) is 11.5 Å². The zero-order chi connectivity index (χ0) is 24.4. The number of benzene rings is 2. The third kappa shape index (κ3) is 4.38. The maximum atomic E-state index is 13.6. The van der Waals surface area contributed by atoms with Crippen molar-refractivity contribution in [2.75, 3.05) is 20.8 Å². The fourth-order valence-electron chi connectivity index (χ4n) is 3.88. The predicted octanol–water partition coefficient (Wildman–Crippen LogP) is 3.47. The minimum Gasteiger partial charge on any atom is -0.493 e. The van der Waals surface area contributed by atoms with Crippen molar-refractivity contribution in [2.24, 2.45) is 4.99 Å². The molecular weight excluding hydrogens is 476 g/mol. The first kappa shape index (κ1) is 23.8. The van der Waals surface area contributed by atoms with Crippen molar-refractivity contribution in [3.8, 4) is 11.5 Å². The molecule has 9 heteroatoms. The van der Waals surface area contributed by atoms with E-state index < -0.39 is 12.0 Å². The normalized spacial score (nSPS) is 15.6. The summed E-state index contributed by atoms with van der Waals surface area (Å²) in [4.78, 5) is 31.7. The summed E-state index contributed by atoms with van der Waals surface area (Å²) in [6, 6.07) is 11.8. The summed E-state index contributed by atoms with van der Waals surface area (Å²) in [5.74, 6) is 0.504. The third-order valence-electron chi connectivity index (χ3n) is 5.39. The summed E-state index contributed by atoms with van der Waals surface area (Å²) in [6.45, 7) is 3.68. The molecule has 2 aromatic carbocycles. The molecule has 1 atom stereocenters. The second-order valence-electron chi connectivity index (χ2n) is 7.47. The molecule has 0 amide bonds. The Morgan fingerprint density at radius 1 is 1.18 bits per heavy atom. The highest BCUT2D eigenvalue weighted by atomic mass is 35.5. The summed E-state index contributed by atoms with van der Waals surface area (Å²) in [7, 11) is 3.08. The Morgan fingerprint density at radius 2 is 1.94 bits per heavy atom. The molecule has 0 radical (unpaired) electrons. The number of carbonyl (C=O) groups excluding carboxylic acids is 1. The number of rotatable bonds is 6. The van der Waals surface area contributed by atoms with Gasteiger partial charge in [0.05, 0.1) is 42.7 Å². The van der Waals surface area contributed by atoms with Gasteiger partial charge in [0, 0.05) is 5.02 Å². The van der Waals surface area contributed by atoms with E-state index in [4.69, 9.17) is 25.8 Å². The van der Waals surface area contributed by atoms with Crippen molar-refractivity contribution in [2.45, 2.75) is 19.9 Å². The lowest BCUT2D eigenvalue weighted by Gasteiger charge is -2.25. The summed E-state index contributed by atoms with van der Waals surface area (Å²) in [6.07, 6.45) is 1.77. The van der Waals surface area contributed by atoms with E-state index in [9.17, 15) is 9.59 Å². The standard InChI is InChI=1S/C25H23ClN2O5S/c1-5-33-24(30)21-14(2)27-25-28(22(21)16-9-10-18(31-3)19(13-16)32-4)23(29)20(34-25)12-15-7-6-8-17(26)11-15/h6-13,22H,5H2,1-4H3/b20-12+. The molecule has 0 saturated carbocycles. The topological polar surface area (TPSA) is 79.1 Å². The number of methoxy groups -OCH3 is 2. The van der Waals surface area contributed by atoms with Gasteiger partial charge >= 0.3 is 5.97 Å². The van der Waals surface area contributed by atoms with E-state index >= 15 is 0 Å². The van der Waals surface area contributed by atoms with Gasteiger partial charge in [0.25, 0.3) is 5.56 Å². The monoisotopic (exact) mass is 498 g/mol. The van der Waals surface area contributed by atoms with Crippen LogP contribution in [0.15, 0.2) is 63.5 Å². The highest BCUT2D eigenvalue weighted by molar-refractivity contribution is 7.07. The van der Waals surface area contributed by atoms with Gasteiger partial charge in [0.2, 0.25) is 0 Å². The molecule has 1 aliphatic rings.